The highest BCUT2D eigenvalue weighted by atomic mass is 32.2. The maximum atomic E-state index is 12.7. The third kappa shape index (κ3) is 3.29. The van der Waals surface area contributed by atoms with Crippen LogP contribution in [0.1, 0.15) is 23.4 Å². The summed E-state index contributed by atoms with van der Waals surface area (Å²) in [6, 6.07) is 3.76. The number of pyridine rings is 1. The first kappa shape index (κ1) is 16.1. The molecule has 3 heterocycles. The number of aryl methyl sites for hydroxylation is 2. The minimum absolute atomic E-state index is 0.113. The van der Waals surface area contributed by atoms with Gasteiger partial charge >= 0.3 is 0 Å². The summed E-state index contributed by atoms with van der Waals surface area (Å²) in [5.41, 5.74) is 1.41. The molecule has 2 aromatic rings. The van der Waals surface area contributed by atoms with Crippen molar-refractivity contribution in [1.29, 1.82) is 0 Å². The van der Waals surface area contributed by atoms with Gasteiger partial charge in [0.1, 0.15) is 10.6 Å². The second-order valence-corrected chi connectivity index (χ2v) is 7.47. The van der Waals surface area contributed by atoms with Gasteiger partial charge in [0.25, 0.3) is 0 Å². The van der Waals surface area contributed by atoms with Gasteiger partial charge in [-0.3, -0.25) is 4.98 Å². The van der Waals surface area contributed by atoms with Crippen LogP contribution >= 0.6 is 0 Å². The molecule has 124 valence electrons. The van der Waals surface area contributed by atoms with E-state index in [1.807, 2.05) is 12.1 Å². The van der Waals surface area contributed by atoms with Crippen LogP contribution in [0.5, 0.6) is 0 Å². The molecule has 1 saturated heterocycles. The second kappa shape index (κ2) is 6.38. The Morgan fingerprint density at radius 3 is 2.74 bits per heavy atom. The Morgan fingerprint density at radius 1 is 1.35 bits per heavy atom. The van der Waals surface area contributed by atoms with Gasteiger partial charge in [0.2, 0.25) is 10.0 Å². The molecule has 1 aliphatic rings. The molecule has 0 bridgehead atoms. The highest BCUT2D eigenvalue weighted by Crippen LogP contribution is 2.27. The summed E-state index contributed by atoms with van der Waals surface area (Å²) in [6.45, 7) is 4.48. The lowest BCUT2D eigenvalue weighted by atomic mass is 10.3. The minimum Gasteiger partial charge on any atom is -0.372 e. The zero-order valence-corrected chi connectivity index (χ0v) is 13.9. The fourth-order valence-electron chi connectivity index (χ4n) is 2.72. The molecule has 3 rings (SSSR count). The normalized spacial score (nSPS) is 19.3. The molecule has 0 N–H and O–H groups in total. The van der Waals surface area contributed by atoms with Crippen LogP contribution in [0.25, 0.3) is 0 Å². The highest BCUT2D eigenvalue weighted by molar-refractivity contribution is 7.89. The molecule has 23 heavy (non-hydrogen) atoms. The lowest BCUT2D eigenvalue weighted by Crippen LogP contribution is -2.31. The summed E-state index contributed by atoms with van der Waals surface area (Å²) in [5.74, 6) is 0.323. The average Bonchev–Trinajstić information content (AvgIpc) is 3.14. The number of ether oxygens (including phenoxy) is 1. The fourth-order valence-corrected chi connectivity index (χ4v) is 4.49. The molecule has 0 radical (unpaired) electrons. The first-order valence-corrected chi connectivity index (χ1v) is 8.86. The third-order valence-corrected chi connectivity index (χ3v) is 6.02. The van der Waals surface area contributed by atoms with Crippen LogP contribution in [0, 0.1) is 13.8 Å². The van der Waals surface area contributed by atoms with Gasteiger partial charge in [-0.1, -0.05) is 5.16 Å². The van der Waals surface area contributed by atoms with E-state index in [9.17, 15) is 8.42 Å². The smallest absolute Gasteiger partial charge is 0.248 e. The number of hydrogen-bond acceptors (Lipinski definition) is 6. The van der Waals surface area contributed by atoms with Crippen molar-refractivity contribution in [2.75, 3.05) is 13.1 Å². The van der Waals surface area contributed by atoms with Gasteiger partial charge in [0.05, 0.1) is 12.7 Å². The zero-order valence-electron chi connectivity index (χ0n) is 13.1. The molecule has 1 aliphatic heterocycles. The zero-order chi connectivity index (χ0) is 16.4. The second-order valence-electron chi connectivity index (χ2n) is 5.59. The molecule has 0 saturated carbocycles. The molecule has 0 unspecified atom stereocenters. The lowest BCUT2D eigenvalue weighted by Gasteiger charge is -2.16. The van der Waals surface area contributed by atoms with E-state index in [1.165, 1.54) is 4.31 Å². The standard InChI is InChI=1S/C15H19N3O4S/c1-11-15(12(2)22-17-11)23(19,20)18-8-5-14(9-18)21-10-13-3-6-16-7-4-13/h3-4,6-7,14H,5,8-10H2,1-2H3/t14-/m0/s1. The van der Waals surface area contributed by atoms with Gasteiger partial charge < -0.3 is 9.26 Å². The molecular weight excluding hydrogens is 318 g/mol. The molecule has 8 heteroatoms. The van der Waals surface area contributed by atoms with Crippen LogP contribution in [0.4, 0.5) is 0 Å². The monoisotopic (exact) mass is 337 g/mol. The Hall–Kier alpha value is -1.77. The number of nitrogens with zero attached hydrogens (tertiary/aromatic N) is 3. The summed E-state index contributed by atoms with van der Waals surface area (Å²) >= 11 is 0. The van der Waals surface area contributed by atoms with Gasteiger partial charge in [-0.15, -0.1) is 0 Å². The average molecular weight is 337 g/mol. The van der Waals surface area contributed by atoms with Crippen molar-refractivity contribution in [3.63, 3.8) is 0 Å². The number of rotatable bonds is 5. The molecule has 0 amide bonds. The van der Waals surface area contributed by atoms with E-state index < -0.39 is 10.0 Å². The molecule has 2 aromatic heterocycles. The SMILES string of the molecule is Cc1noc(C)c1S(=O)(=O)N1CC[C@H](OCc2ccncc2)C1. The van der Waals surface area contributed by atoms with Crippen LogP contribution in [-0.2, 0) is 21.4 Å². The number of aromatic nitrogens is 2. The molecule has 1 atom stereocenters. The van der Waals surface area contributed by atoms with Crippen molar-refractivity contribution in [2.45, 2.75) is 37.9 Å². The predicted octanol–water partition coefficient (Wildman–Crippen LogP) is 1.67. The van der Waals surface area contributed by atoms with Crippen molar-refractivity contribution in [1.82, 2.24) is 14.4 Å². The number of hydrogen-bond donors (Lipinski definition) is 0. The van der Waals surface area contributed by atoms with Crippen LogP contribution < -0.4 is 0 Å². The van der Waals surface area contributed by atoms with Gasteiger partial charge in [-0.25, -0.2) is 8.42 Å². The minimum atomic E-state index is -3.59. The summed E-state index contributed by atoms with van der Waals surface area (Å²) in [4.78, 5) is 4.13. The van der Waals surface area contributed by atoms with Crippen LogP contribution in [0.3, 0.4) is 0 Å². The topological polar surface area (TPSA) is 85.5 Å². The Bertz CT molecular complexity index is 754. The quantitative estimate of drug-likeness (QED) is 0.825. The molecule has 0 aromatic carbocycles. The maximum Gasteiger partial charge on any atom is 0.248 e. The maximum absolute atomic E-state index is 12.7. The first-order valence-electron chi connectivity index (χ1n) is 7.42. The fraction of sp³-hybridized carbons (Fsp3) is 0.467. The Balaban J connectivity index is 1.65. The van der Waals surface area contributed by atoms with E-state index in [-0.39, 0.29) is 11.0 Å². The Kier molecular flexibility index (Phi) is 4.47. The summed E-state index contributed by atoms with van der Waals surface area (Å²) in [6.07, 6.45) is 3.98. The van der Waals surface area contributed by atoms with E-state index in [4.69, 9.17) is 9.26 Å². The summed E-state index contributed by atoms with van der Waals surface area (Å²) in [5, 5.41) is 3.73. The Morgan fingerprint density at radius 2 is 2.09 bits per heavy atom. The summed E-state index contributed by atoms with van der Waals surface area (Å²) in [7, 11) is -3.59. The highest BCUT2D eigenvalue weighted by Gasteiger charge is 2.36. The molecule has 7 nitrogen and oxygen atoms in total. The predicted molar refractivity (Wildman–Crippen MR) is 82.2 cm³/mol. The molecular formula is C15H19N3O4S. The van der Waals surface area contributed by atoms with Crippen LogP contribution in [0.2, 0.25) is 0 Å². The van der Waals surface area contributed by atoms with E-state index in [1.54, 1.807) is 26.2 Å². The van der Waals surface area contributed by atoms with Crippen molar-refractivity contribution in [3.05, 3.63) is 41.5 Å². The lowest BCUT2D eigenvalue weighted by molar-refractivity contribution is 0.0508. The van der Waals surface area contributed by atoms with Crippen molar-refractivity contribution in [2.24, 2.45) is 0 Å². The molecule has 1 fully saturated rings. The van der Waals surface area contributed by atoms with Gasteiger partial charge in [-0.2, -0.15) is 4.31 Å². The van der Waals surface area contributed by atoms with E-state index in [0.29, 0.717) is 37.6 Å². The first-order chi connectivity index (χ1) is 11.0. The van der Waals surface area contributed by atoms with Crippen molar-refractivity contribution in [3.8, 4) is 0 Å². The van der Waals surface area contributed by atoms with Gasteiger partial charge in [-0.05, 0) is 38.0 Å². The van der Waals surface area contributed by atoms with Crippen molar-refractivity contribution >= 4 is 10.0 Å². The summed E-state index contributed by atoms with van der Waals surface area (Å²) < 4.78 is 37.7. The van der Waals surface area contributed by atoms with Crippen molar-refractivity contribution < 1.29 is 17.7 Å². The number of sulfonamides is 1. The van der Waals surface area contributed by atoms with Gasteiger partial charge in [0, 0.05) is 25.5 Å². The van der Waals surface area contributed by atoms with E-state index in [2.05, 4.69) is 10.1 Å². The van der Waals surface area contributed by atoms with E-state index in [0.717, 1.165) is 5.56 Å². The third-order valence-electron chi connectivity index (χ3n) is 3.91. The largest absolute Gasteiger partial charge is 0.372 e. The molecule has 0 spiro atoms. The van der Waals surface area contributed by atoms with Crippen LogP contribution in [0.15, 0.2) is 33.9 Å². The van der Waals surface area contributed by atoms with Gasteiger partial charge in [0.15, 0.2) is 5.76 Å². The molecule has 0 aliphatic carbocycles. The Labute approximate surface area is 135 Å². The van der Waals surface area contributed by atoms with E-state index >= 15 is 0 Å². The van der Waals surface area contributed by atoms with Crippen LogP contribution in [-0.4, -0.2) is 42.1 Å².